The Bertz CT molecular complexity index is 210. The summed E-state index contributed by atoms with van der Waals surface area (Å²) in [5.41, 5.74) is 0. The predicted molar refractivity (Wildman–Crippen MR) is 34.8 cm³/mol. The molecule has 2 aliphatic heterocycles. The number of hydrogen-bond donors (Lipinski definition) is 0. The lowest BCUT2D eigenvalue weighted by molar-refractivity contribution is 0.00943. The second-order valence-corrected chi connectivity index (χ2v) is 2.58. The molecule has 60 valence electrons. The quantitative estimate of drug-likeness (QED) is 0.487. The van der Waals surface area contributed by atoms with E-state index in [-0.39, 0.29) is 18.3 Å². The van der Waals surface area contributed by atoms with Gasteiger partial charge in [0.2, 0.25) is 0 Å². The van der Waals surface area contributed by atoms with E-state index >= 15 is 0 Å². The minimum absolute atomic E-state index is 0.114. The average molecular weight is 156 g/mol. The summed E-state index contributed by atoms with van der Waals surface area (Å²) in [7, 11) is 0. The van der Waals surface area contributed by atoms with E-state index in [4.69, 9.17) is 14.2 Å². The molecule has 0 saturated carbocycles. The number of carbonyl (C=O) groups excluding carboxylic acids is 1. The first kappa shape index (κ1) is 6.52. The van der Waals surface area contributed by atoms with Crippen molar-refractivity contribution in [2.24, 2.45) is 0 Å². The average Bonchev–Trinajstić information content (AvgIpc) is 2.31. The molecule has 0 unspecified atom stereocenters. The molecule has 0 aliphatic carbocycles. The van der Waals surface area contributed by atoms with Crippen LogP contribution in [0.2, 0.25) is 0 Å². The van der Waals surface area contributed by atoms with Gasteiger partial charge in [-0.05, 0) is 13.0 Å². The van der Waals surface area contributed by atoms with Gasteiger partial charge in [0.15, 0.2) is 12.2 Å². The van der Waals surface area contributed by atoms with Gasteiger partial charge in [0, 0.05) is 0 Å². The lowest BCUT2D eigenvalue weighted by Gasteiger charge is -2.22. The molecule has 0 spiro atoms. The van der Waals surface area contributed by atoms with Crippen molar-refractivity contribution in [2.45, 2.75) is 25.2 Å². The monoisotopic (exact) mass is 156 g/mol. The van der Waals surface area contributed by atoms with Crippen molar-refractivity contribution in [1.82, 2.24) is 0 Å². The van der Waals surface area contributed by atoms with Crippen LogP contribution < -0.4 is 0 Å². The fourth-order valence-corrected chi connectivity index (χ4v) is 1.22. The molecule has 1 fully saturated rings. The summed E-state index contributed by atoms with van der Waals surface area (Å²) >= 11 is 0. The van der Waals surface area contributed by atoms with Gasteiger partial charge in [0.25, 0.3) is 0 Å². The summed E-state index contributed by atoms with van der Waals surface area (Å²) in [5.74, 6) is 0. The van der Waals surface area contributed by atoms with Gasteiger partial charge in [-0.15, -0.1) is 0 Å². The van der Waals surface area contributed by atoms with E-state index in [0.717, 1.165) is 0 Å². The summed E-state index contributed by atoms with van der Waals surface area (Å²) in [6, 6.07) is 0. The molecule has 4 nitrogen and oxygen atoms in total. The van der Waals surface area contributed by atoms with Crippen LogP contribution in [0.3, 0.4) is 0 Å². The fourth-order valence-electron chi connectivity index (χ4n) is 1.22. The molecule has 0 N–H and O–H groups in total. The third-order valence-electron chi connectivity index (χ3n) is 1.81. The minimum Gasteiger partial charge on any atom is -0.494 e. The Morgan fingerprint density at radius 3 is 3.00 bits per heavy atom. The highest BCUT2D eigenvalue weighted by atomic mass is 16.8. The predicted octanol–water partition coefficient (Wildman–Crippen LogP) is 0.823. The molecule has 0 aromatic rings. The Balaban J connectivity index is 2.19. The SMILES string of the molecule is C[C@@H]1OC=C[C@@H]2OC(=O)O[C@H]12. The van der Waals surface area contributed by atoms with Crippen molar-refractivity contribution >= 4 is 6.16 Å². The Labute approximate surface area is 63.7 Å². The van der Waals surface area contributed by atoms with Crippen LogP contribution >= 0.6 is 0 Å². The van der Waals surface area contributed by atoms with E-state index in [1.807, 2.05) is 6.92 Å². The van der Waals surface area contributed by atoms with Crippen LogP contribution in [0.25, 0.3) is 0 Å². The first-order valence-corrected chi connectivity index (χ1v) is 3.47. The van der Waals surface area contributed by atoms with E-state index in [9.17, 15) is 4.79 Å². The molecule has 1 saturated heterocycles. The van der Waals surface area contributed by atoms with Crippen molar-refractivity contribution < 1.29 is 19.0 Å². The van der Waals surface area contributed by atoms with Crippen LogP contribution in [0.4, 0.5) is 4.79 Å². The summed E-state index contributed by atoms with van der Waals surface area (Å²) < 4.78 is 14.8. The highest BCUT2D eigenvalue weighted by Crippen LogP contribution is 2.24. The summed E-state index contributed by atoms with van der Waals surface area (Å²) in [6.07, 6.45) is 1.96. The fraction of sp³-hybridized carbons (Fsp3) is 0.571. The minimum atomic E-state index is -0.609. The van der Waals surface area contributed by atoms with Crippen molar-refractivity contribution in [1.29, 1.82) is 0 Å². The number of hydrogen-bond acceptors (Lipinski definition) is 4. The lowest BCUT2D eigenvalue weighted by atomic mass is 10.1. The molecule has 2 heterocycles. The van der Waals surface area contributed by atoms with Gasteiger partial charge in [-0.3, -0.25) is 0 Å². The second kappa shape index (κ2) is 2.15. The zero-order valence-electron chi connectivity index (χ0n) is 6.02. The van der Waals surface area contributed by atoms with Crippen molar-refractivity contribution in [3.63, 3.8) is 0 Å². The zero-order chi connectivity index (χ0) is 7.84. The number of rotatable bonds is 0. The van der Waals surface area contributed by atoms with E-state index in [0.29, 0.717) is 0 Å². The normalized spacial score (nSPS) is 40.5. The summed E-state index contributed by atoms with van der Waals surface area (Å²) in [5, 5.41) is 0. The third-order valence-corrected chi connectivity index (χ3v) is 1.81. The molecular weight excluding hydrogens is 148 g/mol. The standard InChI is InChI=1S/C7H8O4/c1-4-6-5(2-3-9-4)10-7(8)11-6/h2-6H,1H3/t4-,5-,6+/m0/s1. The van der Waals surface area contributed by atoms with Crippen molar-refractivity contribution in [2.75, 3.05) is 0 Å². The van der Waals surface area contributed by atoms with E-state index in [2.05, 4.69) is 0 Å². The maximum atomic E-state index is 10.6. The van der Waals surface area contributed by atoms with Gasteiger partial charge in [0.05, 0.1) is 6.26 Å². The van der Waals surface area contributed by atoms with Gasteiger partial charge in [0.1, 0.15) is 6.10 Å². The van der Waals surface area contributed by atoms with E-state index in [1.165, 1.54) is 6.26 Å². The topological polar surface area (TPSA) is 44.8 Å². The number of ether oxygens (including phenoxy) is 3. The van der Waals surface area contributed by atoms with Crippen LogP contribution in [0.1, 0.15) is 6.92 Å². The maximum absolute atomic E-state index is 10.6. The highest BCUT2D eigenvalue weighted by molar-refractivity contribution is 5.63. The molecule has 4 heteroatoms. The smallest absolute Gasteiger partial charge is 0.494 e. The number of carbonyl (C=O) groups is 1. The molecule has 3 atom stereocenters. The van der Waals surface area contributed by atoms with Gasteiger partial charge >= 0.3 is 6.16 Å². The van der Waals surface area contributed by atoms with Crippen molar-refractivity contribution in [3.8, 4) is 0 Å². The Hall–Kier alpha value is -1.19. The molecule has 0 amide bonds. The lowest BCUT2D eigenvalue weighted by Crippen LogP contribution is -2.35. The van der Waals surface area contributed by atoms with Gasteiger partial charge < -0.3 is 14.2 Å². The Kier molecular flexibility index (Phi) is 1.27. The first-order valence-electron chi connectivity index (χ1n) is 3.47. The molecule has 2 rings (SSSR count). The third kappa shape index (κ3) is 0.943. The molecule has 0 bridgehead atoms. The Morgan fingerprint density at radius 2 is 2.27 bits per heavy atom. The molecule has 0 aromatic carbocycles. The largest absolute Gasteiger partial charge is 0.509 e. The summed E-state index contributed by atoms with van der Waals surface area (Å²) in [4.78, 5) is 10.6. The second-order valence-electron chi connectivity index (χ2n) is 2.58. The van der Waals surface area contributed by atoms with Crippen molar-refractivity contribution in [3.05, 3.63) is 12.3 Å². The van der Waals surface area contributed by atoms with Crippen LogP contribution in [0.15, 0.2) is 12.3 Å². The molecule has 0 aromatic heterocycles. The van der Waals surface area contributed by atoms with Gasteiger partial charge in [-0.25, -0.2) is 4.79 Å². The Morgan fingerprint density at radius 1 is 1.45 bits per heavy atom. The van der Waals surface area contributed by atoms with E-state index in [1.54, 1.807) is 6.08 Å². The van der Waals surface area contributed by atoms with Crippen LogP contribution in [-0.2, 0) is 14.2 Å². The van der Waals surface area contributed by atoms with Crippen LogP contribution in [0.5, 0.6) is 0 Å². The van der Waals surface area contributed by atoms with E-state index < -0.39 is 6.16 Å². The van der Waals surface area contributed by atoms with Crippen LogP contribution in [0, 0.1) is 0 Å². The highest BCUT2D eigenvalue weighted by Gasteiger charge is 2.41. The van der Waals surface area contributed by atoms with Crippen LogP contribution in [-0.4, -0.2) is 24.5 Å². The van der Waals surface area contributed by atoms with Gasteiger partial charge in [-0.1, -0.05) is 0 Å². The molecule has 11 heavy (non-hydrogen) atoms. The number of fused-ring (bicyclic) bond motifs is 1. The summed E-state index contributed by atoms with van der Waals surface area (Å²) in [6.45, 7) is 1.84. The molecule has 0 radical (unpaired) electrons. The molecular formula is C7H8O4. The molecule has 2 aliphatic rings. The maximum Gasteiger partial charge on any atom is 0.509 e. The van der Waals surface area contributed by atoms with Gasteiger partial charge in [-0.2, -0.15) is 0 Å². The first-order chi connectivity index (χ1) is 5.27. The zero-order valence-corrected chi connectivity index (χ0v) is 6.02.